The number of nitrogens with one attached hydrogen (secondary N) is 1. The highest BCUT2D eigenvalue weighted by molar-refractivity contribution is 7.22. The van der Waals surface area contributed by atoms with Gasteiger partial charge < -0.3 is 11.1 Å². The maximum absolute atomic E-state index is 5.63. The molecule has 0 atom stereocenters. The zero-order valence-corrected chi connectivity index (χ0v) is 8.90. The average Bonchev–Trinajstić information content (AvgIpc) is 2.54. The molecular formula is C10H13N3S. The number of benzene rings is 1. The molecule has 0 aliphatic carbocycles. The molecule has 0 aliphatic rings. The molecule has 0 unspecified atom stereocenters. The number of anilines is 1. The van der Waals surface area contributed by atoms with Crippen LogP contribution in [0.5, 0.6) is 0 Å². The SMILES string of the molecule is CCNCc1ccc2nc(N)sc2c1. The molecule has 1 aromatic heterocycles. The topological polar surface area (TPSA) is 50.9 Å². The number of nitrogen functional groups attached to an aromatic ring is 1. The number of hydrogen-bond donors (Lipinski definition) is 2. The zero-order chi connectivity index (χ0) is 9.97. The lowest BCUT2D eigenvalue weighted by Crippen LogP contribution is -2.11. The molecule has 0 bridgehead atoms. The lowest BCUT2D eigenvalue weighted by molar-refractivity contribution is 0.727. The van der Waals surface area contributed by atoms with E-state index in [-0.39, 0.29) is 0 Å². The summed E-state index contributed by atoms with van der Waals surface area (Å²) < 4.78 is 1.16. The van der Waals surface area contributed by atoms with Crippen LogP contribution in [0.2, 0.25) is 0 Å². The van der Waals surface area contributed by atoms with Crippen LogP contribution in [0.1, 0.15) is 12.5 Å². The van der Waals surface area contributed by atoms with Gasteiger partial charge >= 0.3 is 0 Å². The van der Waals surface area contributed by atoms with Gasteiger partial charge in [0.1, 0.15) is 0 Å². The summed E-state index contributed by atoms with van der Waals surface area (Å²) in [5.41, 5.74) is 7.91. The molecule has 1 heterocycles. The van der Waals surface area contributed by atoms with Crippen LogP contribution in [0.15, 0.2) is 18.2 Å². The Morgan fingerprint density at radius 2 is 2.36 bits per heavy atom. The van der Waals surface area contributed by atoms with Crippen LogP contribution in [-0.4, -0.2) is 11.5 Å². The predicted octanol–water partition coefficient (Wildman–Crippen LogP) is 1.99. The molecule has 14 heavy (non-hydrogen) atoms. The molecule has 0 amide bonds. The Kier molecular flexibility index (Phi) is 2.65. The van der Waals surface area contributed by atoms with E-state index in [2.05, 4.69) is 29.4 Å². The lowest BCUT2D eigenvalue weighted by Gasteiger charge is -2.00. The van der Waals surface area contributed by atoms with Crippen LogP contribution in [0.3, 0.4) is 0 Å². The molecule has 2 rings (SSSR count). The number of fused-ring (bicyclic) bond motifs is 1. The molecule has 1 aromatic carbocycles. The van der Waals surface area contributed by atoms with Crippen LogP contribution in [0, 0.1) is 0 Å². The van der Waals surface area contributed by atoms with E-state index in [1.807, 2.05) is 6.07 Å². The van der Waals surface area contributed by atoms with Crippen LogP contribution >= 0.6 is 11.3 Å². The third-order valence-electron chi connectivity index (χ3n) is 2.05. The second kappa shape index (κ2) is 3.94. The zero-order valence-electron chi connectivity index (χ0n) is 8.08. The third kappa shape index (κ3) is 1.86. The van der Waals surface area contributed by atoms with E-state index in [0.29, 0.717) is 5.13 Å². The number of nitrogens with zero attached hydrogens (tertiary/aromatic N) is 1. The second-order valence-electron chi connectivity index (χ2n) is 3.13. The summed E-state index contributed by atoms with van der Waals surface area (Å²) in [6.07, 6.45) is 0. The largest absolute Gasteiger partial charge is 0.375 e. The Hall–Kier alpha value is -1.13. The minimum Gasteiger partial charge on any atom is -0.375 e. The van der Waals surface area contributed by atoms with Crippen molar-refractivity contribution in [1.82, 2.24) is 10.3 Å². The van der Waals surface area contributed by atoms with Crippen LogP contribution in [0.25, 0.3) is 10.2 Å². The Morgan fingerprint density at radius 3 is 3.14 bits per heavy atom. The van der Waals surface area contributed by atoms with Crippen molar-refractivity contribution < 1.29 is 0 Å². The van der Waals surface area contributed by atoms with Gasteiger partial charge in [-0.1, -0.05) is 24.3 Å². The van der Waals surface area contributed by atoms with E-state index in [1.165, 1.54) is 16.9 Å². The van der Waals surface area contributed by atoms with Gasteiger partial charge in [-0.2, -0.15) is 0 Å². The summed E-state index contributed by atoms with van der Waals surface area (Å²) in [5, 5.41) is 3.93. The molecule has 74 valence electrons. The summed E-state index contributed by atoms with van der Waals surface area (Å²) in [5.74, 6) is 0. The Labute approximate surface area is 87.0 Å². The molecule has 3 nitrogen and oxygen atoms in total. The Bertz CT molecular complexity index is 436. The van der Waals surface area contributed by atoms with Crippen molar-refractivity contribution in [2.24, 2.45) is 0 Å². The molecule has 4 heteroatoms. The molecule has 0 fully saturated rings. The van der Waals surface area contributed by atoms with Crippen molar-refractivity contribution >= 4 is 26.7 Å². The molecule has 0 saturated heterocycles. The maximum Gasteiger partial charge on any atom is 0.181 e. The fourth-order valence-corrected chi connectivity index (χ4v) is 2.16. The number of thiazole rings is 1. The van der Waals surface area contributed by atoms with Gasteiger partial charge in [-0.15, -0.1) is 0 Å². The lowest BCUT2D eigenvalue weighted by atomic mass is 10.2. The molecular weight excluding hydrogens is 194 g/mol. The van der Waals surface area contributed by atoms with Crippen molar-refractivity contribution in [3.63, 3.8) is 0 Å². The van der Waals surface area contributed by atoms with Crippen molar-refractivity contribution in [3.05, 3.63) is 23.8 Å². The first kappa shape index (κ1) is 9.43. The van der Waals surface area contributed by atoms with Gasteiger partial charge in [0.15, 0.2) is 5.13 Å². The van der Waals surface area contributed by atoms with Gasteiger partial charge in [0.2, 0.25) is 0 Å². The highest BCUT2D eigenvalue weighted by atomic mass is 32.1. The first-order chi connectivity index (χ1) is 6.79. The summed E-state index contributed by atoms with van der Waals surface area (Å²) in [6.45, 7) is 4.00. The van der Waals surface area contributed by atoms with Crippen molar-refractivity contribution in [1.29, 1.82) is 0 Å². The molecule has 0 spiro atoms. The highest BCUT2D eigenvalue weighted by Crippen LogP contribution is 2.24. The van der Waals surface area contributed by atoms with Crippen LogP contribution < -0.4 is 11.1 Å². The number of rotatable bonds is 3. The van der Waals surface area contributed by atoms with Gasteiger partial charge in [0, 0.05) is 6.54 Å². The van der Waals surface area contributed by atoms with E-state index in [4.69, 9.17) is 5.73 Å². The van der Waals surface area contributed by atoms with E-state index in [0.717, 1.165) is 23.3 Å². The minimum atomic E-state index is 0.639. The first-order valence-corrected chi connectivity index (χ1v) is 5.47. The summed E-state index contributed by atoms with van der Waals surface area (Å²) in [4.78, 5) is 4.21. The minimum absolute atomic E-state index is 0.639. The van der Waals surface area contributed by atoms with Crippen LogP contribution in [-0.2, 0) is 6.54 Å². The highest BCUT2D eigenvalue weighted by Gasteiger charge is 2.01. The predicted molar refractivity (Wildman–Crippen MR) is 61.4 cm³/mol. The number of hydrogen-bond acceptors (Lipinski definition) is 4. The van der Waals surface area contributed by atoms with E-state index in [9.17, 15) is 0 Å². The fraction of sp³-hybridized carbons (Fsp3) is 0.300. The number of nitrogens with two attached hydrogens (primary N) is 1. The Balaban J connectivity index is 2.31. The van der Waals surface area contributed by atoms with Gasteiger partial charge in [-0.05, 0) is 24.2 Å². The third-order valence-corrected chi connectivity index (χ3v) is 2.90. The van der Waals surface area contributed by atoms with Gasteiger partial charge in [0.05, 0.1) is 10.2 Å². The average molecular weight is 207 g/mol. The normalized spacial score (nSPS) is 10.9. The van der Waals surface area contributed by atoms with Gasteiger partial charge in [-0.3, -0.25) is 0 Å². The van der Waals surface area contributed by atoms with E-state index < -0.39 is 0 Å². The standard InChI is InChI=1S/C10H13N3S/c1-2-12-6-7-3-4-8-9(5-7)14-10(11)13-8/h3-5,12H,2,6H2,1H3,(H2,11,13). The fourth-order valence-electron chi connectivity index (χ4n) is 1.37. The summed E-state index contributed by atoms with van der Waals surface area (Å²) in [7, 11) is 0. The quantitative estimate of drug-likeness (QED) is 0.809. The summed E-state index contributed by atoms with van der Waals surface area (Å²) in [6, 6.07) is 6.26. The van der Waals surface area contributed by atoms with Crippen LogP contribution in [0.4, 0.5) is 5.13 Å². The maximum atomic E-state index is 5.63. The number of aromatic nitrogens is 1. The molecule has 3 N–H and O–H groups in total. The van der Waals surface area contributed by atoms with E-state index in [1.54, 1.807) is 0 Å². The molecule has 0 radical (unpaired) electrons. The van der Waals surface area contributed by atoms with Gasteiger partial charge in [0.25, 0.3) is 0 Å². The van der Waals surface area contributed by atoms with Gasteiger partial charge in [-0.25, -0.2) is 4.98 Å². The smallest absolute Gasteiger partial charge is 0.181 e. The van der Waals surface area contributed by atoms with E-state index >= 15 is 0 Å². The van der Waals surface area contributed by atoms with Crippen molar-refractivity contribution in [3.8, 4) is 0 Å². The molecule has 0 saturated carbocycles. The molecule has 2 aromatic rings. The monoisotopic (exact) mass is 207 g/mol. The molecule has 0 aliphatic heterocycles. The Morgan fingerprint density at radius 1 is 1.50 bits per heavy atom. The van der Waals surface area contributed by atoms with Crippen molar-refractivity contribution in [2.75, 3.05) is 12.3 Å². The van der Waals surface area contributed by atoms with Crippen molar-refractivity contribution in [2.45, 2.75) is 13.5 Å². The first-order valence-electron chi connectivity index (χ1n) is 4.65. The summed E-state index contributed by atoms with van der Waals surface area (Å²) >= 11 is 1.54. The second-order valence-corrected chi connectivity index (χ2v) is 4.20.